The van der Waals surface area contributed by atoms with Crippen LogP contribution in [0.25, 0.3) is 12.2 Å². The van der Waals surface area contributed by atoms with E-state index in [1.165, 1.54) is 33.2 Å². The molecule has 0 saturated carbocycles. The molecule has 0 radical (unpaired) electrons. The van der Waals surface area contributed by atoms with Crippen LogP contribution in [0.3, 0.4) is 0 Å². The second-order valence-electron chi connectivity index (χ2n) is 6.69. The Morgan fingerprint density at radius 3 is 2.54 bits per heavy atom. The van der Waals surface area contributed by atoms with Gasteiger partial charge in [0.1, 0.15) is 0 Å². The van der Waals surface area contributed by atoms with Crippen LogP contribution in [0.4, 0.5) is 5.69 Å². The van der Waals surface area contributed by atoms with Crippen LogP contribution in [0.5, 0.6) is 0 Å². The van der Waals surface area contributed by atoms with Crippen molar-refractivity contribution in [2.24, 2.45) is 0 Å². The smallest absolute Gasteiger partial charge is 0.264 e. The molecule has 1 atom stereocenters. The number of benzene rings is 2. The normalized spacial score (nSPS) is 16.0. The van der Waals surface area contributed by atoms with Crippen molar-refractivity contribution < 1.29 is 4.57 Å². The van der Waals surface area contributed by atoms with Crippen molar-refractivity contribution in [2.75, 3.05) is 11.9 Å². The Morgan fingerprint density at radius 1 is 1.00 bits per heavy atom. The molecule has 1 aliphatic heterocycles. The third-order valence-electron chi connectivity index (χ3n) is 5.03. The van der Waals surface area contributed by atoms with Crippen LogP contribution in [0.2, 0.25) is 0 Å². The summed E-state index contributed by atoms with van der Waals surface area (Å²) in [6.45, 7) is 4.46. The summed E-state index contributed by atoms with van der Waals surface area (Å²) in [7, 11) is 2.14. The van der Waals surface area contributed by atoms with Crippen LogP contribution >= 0.6 is 11.3 Å². The van der Waals surface area contributed by atoms with Gasteiger partial charge >= 0.3 is 0 Å². The van der Waals surface area contributed by atoms with Gasteiger partial charge in [-0.15, -0.1) is 0 Å². The van der Waals surface area contributed by atoms with Crippen molar-refractivity contribution in [3.8, 4) is 0 Å². The topological polar surface area (TPSA) is 7.12 Å². The van der Waals surface area contributed by atoms with E-state index in [0.29, 0.717) is 6.04 Å². The zero-order valence-corrected chi connectivity index (χ0v) is 16.2. The maximum atomic E-state index is 2.43. The number of nitrogens with zero attached hydrogens (tertiary/aromatic N) is 2. The molecule has 1 aliphatic rings. The van der Waals surface area contributed by atoms with E-state index in [0.717, 1.165) is 0 Å². The van der Waals surface area contributed by atoms with Gasteiger partial charge in [-0.1, -0.05) is 65.9 Å². The van der Waals surface area contributed by atoms with E-state index >= 15 is 0 Å². The molecule has 3 aromatic rings. The van der Waals surface area contributed by atoms with Gasteiger partial charge in [0.2, 0.25) is 0 Å². The molecule has 0 amide bonds. The van der Waals surface area contributed by atoms with Gasteiger partial charge in [-0.25, -0.2) is 0 Å². The molecule has 130 valence electrons. The number of aryl methyl sites for hydroxylation is 1. The van der Waals surface area contributed by atoms with Gasteiger partial charge in [0, 0.05) is 43.9 Å². The van der Waals surface area contributed by atoms with Gasteiger partial charge in [0.05, 0.1) is 5.38 Å². The highest BCUT2D eigenvalue weighted by Gasteiger charge is 2.25. The molecule has 0 bridgehead atoms. The lowest BCUT2D eigenvalue weighted by molar-refractivity contribution is -0.713. The van der Waals surface area contributed by atoms with E-state index < -0.39 is 0 Å². The number of thiazole rings is 1. The number of likely N-dealkylation sites (N-methyl/N-ethyl adjacent to an activating group) is 1. The SMILES string of the molecule is Cc1csc(/C=C2\C=Cc3ccccc3N2C)[n+]1[C@H](C)c1ccccc1. The predicted molar refractivity (Wildman–Crippen MR) is 111 cm³/mol. The Bertz CT molecular complexity index is 982. The van der Waals surface area contributed by atoms with E-state index in [1.54, 1.807) is 11.3 Å². The van der Waals surface area contributed by atoms with Crippen LogP contribution in [-0.4, -0.2) is 7.05 Å². The lowest BCUT2D eigenvalue weighted by Crippen LogP contribution is -2.42. The summed E-state index contributed by atoms with van der Waals surface area (Å²) >= 11 is 1.80. The van der Waals surface area contributed by atoms with Crippen molar-refractivity contribution in [1.82, 2.24) is 0 Å². The third kappa shape index (κ3) is 2.99. The summed E-state index contributed by atoms with van der Waals surface area (Å²) in [5.74, 6) is 0. The standard InChI is InChI=1S/C23H23N2S/c1-17-16-26-23(25(17)18(2)19-9-5-4-6-10-19)15-21-14-13-20-11-7-8-12-22(20)24(21)3/h4-16,18H,1-3H3/q+1/t18-/m1/s1. The highest BCUT2D eigenvalue weighted by molar-refractivity contribution is 7.10. The summed E-state index contributed by atoms with van der Waals surface area (Å²) in [4.78, 5) is 2.27. The van der Waals surface area contributed by atoms with Gasteiger partial charge < -0.3 is 4.90 Å². The molecule has 2 heterocycles. The number of hydrogen-bond acceptors (Lipinski definition) is 2. The Hall–Kier alpha value is -2.65. The van der Waals surface area contributed by atoms with Crippen molar-refractivity contribution in [2.45, 2.75) is 19.9 Å². The molecule has 2 nitrogen and oxygen atoms in total. The number of para-hydroxylation sites is 1. The summed E-state index contributed by atoms with van der Waals surface area (Å²) in [6.07, 6.45) is 6.70. The van der Waals surface area contributed by atoms with Gasteiger partial charge in [-0.3, -0.25) is 0 Å². The lowest BCUT2D eigenvalue weighted by Gasteiger charge is -2.25. The number of fused-ring (bicyclic) bond motifs is 1. The van der Waals surface area contributed by atoms with Crippen LogP contribution in [-0.2, 0) is 0 Å². The molecule has 0 N–H and O–H groups in total. The largest absolute Gasteiger partial charge is 0.344 e. The molecule has 0 fully saturated rings. The van der Waals surface area contributed by atoms with E-state index in [9.17, 15) is 0 Å². The minimum Gasteiger partial charge on any atom is -0.344 e. The molecule has 2 aromatic carbocycles. The third-order valence-corrected chi connectivity index (χ3v) is 6.04. The summed E-state index contributed by atoms with van der Waals surface area (Å²) < 4.78 is 2.43. The van der Waals surface area contributed by atoms with E-state index in [1.807, 2.05) is 0 Å². The monoisotopic (exact) mass is 359 g/mol. The van der Waals surface area contributed by atoms with Crippen LogP contribution in [0.15, 0.2) is 71.8 Å². The van der Waals surface area contributed by atoms with E-state index in [-0.39, 0.29) is 0 Å². The Labute approximate surface area is 159 Å². The average molecular weight is 360 g/mol. The molecule has 3 heteroatoms. The first kappa shape index (κ1) is 16.8. The van der Waals surface area contributed by atoms with Crippen LogP contribution in [0.1, 0.15) is 34.8 Å². The first-order chi connectivity index (χ1) is 12.6. The summed E-state index contributed by atoms with van der Waals surface area (Å²) in [6, 6.07) is 19.5. The molecular weight excluding hydrogens is 336 g/mol. The van der Waals surface area contributed by atoms with Gasteiger partial charge in [0.25, 0.3) is 5.01 Å². The molecule has 0 saturated heterocycles. The first-order valence-corrected chi connectivity index (χ1v) is 9.80. The molecule has 26 heavy (non-hydrogen) atoms. The minimum absolute atomic E-state index is 0.305. The van der Waals surface area contributed by atoms with E-state index in [4.69, 9.17) is 0 Å². The van der Waals surface area contributed by atoms with E-state index in [2.05, 4.69) is 109 Å². The van der Waals surface area contributed by atoms with Crippen molar-refractivity contribution in [3.05, 3.63) is 93.6 Å². The molecule has 0 spiro atoms. The fraction of sp³-hybridized carbons (Fsp3) is 0.174. The maximum absolute atomic E-state index is 2.43. The molecular formula is C23H23N2S+. The van der Waals surface area contributed by atoms with Crippen LogP contribution in [0, 0.1) is 6.92 Å². The van der Waals surface area contributed by atoms with Crippen LogP contribution < -0.4 is 9.47 Å². The lowest BCUT2D eigenvalue weighted by atomic mass is 10.1. The number of rotatable bonds is 3. The fourth-order valence-electron chi connectivity index (χ4n) is 3.54. The Morgan fingerprint density at radius 2 is 1.73 bits per heavy atom. The highest BCUT2D eigenvalue weighted by Crippen LogP contribution is 2.30. The molecule has 0 aliphatic carbocycles. The molecule has 4 rings (SSSR count). The Kier molecular flexibility index (Phi) is 4.48. The summed E-state index contributed by atoms with van der Waals surface area (Å²) in [5.41, 5.74) is 6.34. The minimum atomic E-state index is 0.305. The summed E-state index contributed by atoms with van der Waals surface area (Å²) in [5, 5.41) is 3.51. The first-order valence-electron chi connectivity index (χ1n) is 8.92. The Balaban J connectivity index is 1.74. The predicted octanol–water partition coefficient (Wildman–Crippen LogP) is 5.46. The quantitative estimate of drug-likeness (QED) is 0.564. The number of allylic oxidation sites excluding steroid dienone is 1. The highest BCUT2D eigenvalue weighted by atomic mass is 32.1. The van der Waals surface area contributed by atoms with Gasteiger partial charge in [-0.2, -0.15) is 4.57 Å². The zero-order chi connectivity index (χ0) is 18.1. The maximum Gasteiger partial charge on any atom is 0.264 e. The number of anilines is 1. The van der Waals surface area contributed by atoms with Crippen molar-refractivity contribution in [1.29, 1.82) is 0 Å². The average Bonchev–Trinajstić information content (AvgIpc) is 3.04. The number of aromatic nitrogens is 1. The second kappa shape index (κ2) is 6.93. The zero-order valence-electron chi connectivity index (χ0n) is 15.4. The van der Waals surface area contributed by atoms with Gasteiger partial charge in [0.15, 0.2) is 11.7 Å². The van der Waals surface area contributed by atoms with Crippen molar-refractivity contribution in [3.63, 3.8) is 0 Å². The number of hydrogen-bond donors (Lipinski definition) is 0. The molecule has 0 unspecified atom stereocenters. The van der Waals surface area contributed by atoms with Crippen molar-refractivity contribution >= 4 is 29.2 Å². The van der Waals surface area contributed by atoms with Gasteiger partial charge in [-0.05, 0) is 17.7 Å². The second-order valence-corrected chi connectivity index (χ2v) is 7.58. The fourth-order valence-corrected chi connectivity index (χ4v) is 4.55. The molecule has 1 aromatic heterocycles.